The van der Waals surface area contributed by atoms with E-state index in [2.05, 4.69) is 17.0 Å². The lowest BCUT2D eigenvalue weighted by Crippen LogP contribution is -2.51. The predicted molar refractivity (Wildman–Crippen MR) is 104 cm³/mol. The minimum absolute atomic E-state index is 0.0256. The summed E-state index contributed by atoms with van der Waals surface area (Å²) in [7, 11) is 0. The Kier molecular flexibility index (Phi) is 6.26. The van der Waals surface area contributed by atoms with Gasteiger partial charge in [-0.1, -0.05) is 12.1 Å². The molecule has 0 N–H and O–H groups in total. The van der Waals surface area contributed by atoms with Gasteiger partial charge < -0.3 is 9.64 Å². The number of carbonyl (C=O) groups excluding carboxylic acids is 1. The van der Waals surface area contributed by atoms with Crippen LogP contribution in [-0.2, 0) is 11.3 Å². The largest absolute Gasteiger partial charge is 0.481 e. The van der Waals surface area contributed by atoms with Crippen molar-refractivity contribution in [3.05, 3.63) is 65.2 Å². The molecular weight excluding hydrogens is 352 g/mol. The van der Waals surface area contributed by atoms with Crippen LogP contribution < -0.4 is 4.74 Å². The molecule has 3 rings (SSSR count). The average Bonchev–Trinajstić information content (AvgIpc) is 2.75. The Hall–Kier alpha value is -3.35. The van der Waals surface area contributed by atoms with E-state index in [9.17, 15) is 4.79 Å². The Balaban J connectivity index is 1.48. The van der Waals surface area contributed by atoms with Crippen molar-refractivity contribution in [2.45, 2.75) is 19.6 Å². The Morgan fingerprint density at radius 1 is 0.964 bits per heavy atom. The molecule has 142 valence electrons. The first kappa shape index (κ1) is 19.4. The number of ether oxygens (including phenoxy) is 1. The molecule has 0 saturated carbocycles. The van der Waals surface area contributed by atoms with E-state index in [1.807, 2.05) is 29.2 Å². The second-order valence-corrected chi connectivity index (χ2v) is 6.81. The Bertz CT molecular complexity index is 886. The maximum absolute atomic E-state index is 12.7. The van der Waals surface area contributed by atoms with Crippen molar-refractivity contribution >= 4 is 5.91 Å². The van der Waals surface area contributed by atoms with Crippen molar-refractivity contribution in [1.82, 2.24) is 9.80 Å². The molecule has 1 aliphatic heterocycles. The first-order valence-electron chi connectivity index (χ1n) is 9.26. The molecule has 2 aromatic carbocycles. The first-order valence-corrected chi connectivity index (χ1v) is 9.26. The number of hydrogen-bond acceptors (Lipinski definition) is 5. The van der Waals surface area contributed by atoms with Gasteiger partial charge in [0.15, 0.2) is 6.10 Å². The van der Waals surface area contributed by atoms with Crippen LogP contribution >= 0.6 is 0 Å². The fraction of sp³-hybridized carbons (Fsp3) is 0.318. The van der Waals surface area contributed by atoms with Crippen LogP contribution in [0.3, 0.4) is 0 Å². The molecular formula is C22H22N4O2. The minimum Gasteiger partial charge on any atom is -0.481 e. The van der Waals surface area contributed by atoms with E-state index >= 15 is 0 Å². The standard InChI is InChI=1S/C22H22N4O2/c1-17(28-21-8-6-19(15-24)7-9-21)22(27)26-12-10-25(11-13-26)16-20-4-2-18(14-23)3-5-20/h2-9,17H,10-13,16H2,1H3/t17-/m0/s1. The summed E-state index contributed by atoms with van der Waals surface area (Å²) >= 11 is 0. The summed E-state index contributed by atoms with van der Waals surface area (Å²) in [6, 6.07) is 18.6. The van der Waals surface area contributed by atoms with Crippen LogP contribution in [0, 0.1) is 22.7 Å². The van der Waals surface area contributed by atoms with Crippen molar-refractivity contribution in [3.8, 4) is 17.9 Å². The number of nitrogens with zero attached hydrogens (tertiary/aromatic N) is 4. The average molecular weight is 374 g/mol. The summed E-state index contributed by atoms with van der Waals surface area (Å²) in [6.07, 6.45) is -0.571. The molecule has 1 amide bonds. The third kappa shape index (κ3) is 4.88. The van der Waals surface area contributed by atoms with Gasteiger partial charge in [-0.3, -0.25) is 9.69 Å². The minimum atomic E-state index is -0.571. The number of rotatable bonds is 5. The molecule has 0 bridgehead atoms. The maximum Gasteiger partial charge on any atom is 0.263 e. The summed E-state index contributed by atoms with van der Waals surface area (Å²) < 4.78 is 5.73. The Labute approximate surface area is 165 Å². The van der Waals surface area contributed by atoms with Gasteiger partial charge in [0.05, 0.1) is 23.3 Å². The highest BCUT2D eigenvalue weighted by atomic mass is 16.5. The van der Waals surface area contributed by atoms with Gasteiger partial charge in [-0.2, -0.15) is 10.5 Å². The molecule has 1 saturated heterocycles. The zero-order valence-corrected chi connectivity index (χ0v) is 15.8. The highest BCUT2D eigenvalue weighted by Crippen LogP contribution is 2.16. The highest BCUT2D eigenvalue weighted by Gasteiger charge is 2.26. The molecule has 0 radical (unpaired) electrons. The van der Waals surface area contributed by atoms with E-state index in [1.165, 1.54) is 0 Å². The predicted octanol–water partition coefficient (Wildman–Crippen LogP) is 2.54. The summed E-state index contributed by atoms with van der Waals surface area (Å²) in [5, 5.41) is 17.7. The quantitative estimate of drug-likeness (QED) is 0.803. The molecule has 0 aliphatic carbocycles. The summed E-state index contributed by atoms with van der Waals surface area (Å²) in [5.74, 6) is 0.557. The molecule has 1 aliphatic rings. The number of benzene rings is 2. The molecule has 1 fully saturated rings. The van der Waals surface area contributed by atoms with Crippen LogP contribution in [0.2, 0.25) is 0 Å². The smallest absolute Gasteiger partial charge is 0.263 e. The fourth-order valence-corrected chi connectivity index (χ4v) is 3.19. The normalized spacial score (nSPS) is 15.3. The second kappa shape index (κ2) is 9.03. The van der Waals surface area contributed by atoms with Crippen LogP contribution in [0.5, 0.6) is 5.75 Å². The fourth-order valence-electron chi connectivity index (χ4n) is 3.19. The number of hydrogen-bond donors (Lipinski definition) is 0. The van der Waals surface area contributed by atoms with Crippen LogP contribution in [0.25, 0.3) is 0 Å². The molecule has 6 heteroatoms. The maximum atomic E-state index is 12.7. The molecule has 2 aromatic rings. The van der Waals surface area contributed by atoms with E-state index in [4.69, 9.17) is 15.3 Å². The van der Waals surface area contributed by atoms with Crippen molar-refractivity contribution < 1.29 is 9.53 Å². The van der Waals surface area contributed by atoms with Gasteiger partial charge in [0.1, 0.15) is 5.75 Å². The highest BCUT2D eigenvalue weighted by molar-refractivity contribution is 5.81. The summed E-state index contributed by atoms with van der Waals surface area (Å²) in [4.78, 5) is 16.8. The van der Waals surface area contributed by atoms with Crippen LogP contribution in [-0.4, -0.2) is 48.0 Å². The molecule has 6 nitrogen and oxygen atoms in total. The lowest BCUT2D eigenvalue weighted by molar-refractivity contribution is -0.139. The molecule has 0 spiro atoms. The monoisotopic (exact) mass is 374 g/mol. The summed E-state index contributed by atoms with van der Waals surface area (Å²) in [6.45, 7) is 5.49. The van der Waals surface area contributed by atoms with Crippen molar-refractivity contribution in [3.63, 3.8) is 0 Å². The Morgan fingerprint density at radius 2 is 1.50 bits per heavy atom. The lowest BCUT2D eigenvalue weighted by atomic mass is 10.1. The first-order chi connectivity index (χ1) is 13.6. The molecule has 1 atom stereocenters. The van der Waals surface area contributed by atoms with E-state index in [0.717, 1.165) is 25.2 Å². The molecule has 28 heavy (non-hydrogen) atoms. The van der Waals surface area contributed by atoms with Crippen molar-refractivity contribution in [1.29, 1.82) is 10.5 Å². The van der Waals surface area contributed by atoms with Crippen molar-refractivity contribution in [2.24, 2.45) is 0 Å². The lowest BCUT2D eigenvalue weighted by Gasteiger charge is -2.35. The zero-order valence-electron chi connectivity index (χ0n) is 15.8. The third-order valence-corrected chi connectivity index (χ3v) is 4.82. The van der Waals surface area contributed by atoms with Gasteiger partial charge in [-0.05, 0) is 48.9 Å². The van der Waals surface area contributed by atoms with Gasteiger partial charge in [0, 0.05) is 32.7 Å². The SMILES string of the molecule is C[C@H](Oc1ccc(C#N)cc1)C(=O)N1CCN(Cc2ccc(C#N)cc2)CC1. The number of amides is 1. The van der Waals surface area contributed by atoms with Gasteiger partial charge in [-0.15, -0.1) is 0 Å². The second-order valence-electron chi connectivity index (χ2n) is 6.81. The van der Waals surface area contributed by atoms with Gasteiger partial charge in [0.2, 0.25) is 0 Å². The van der Waals surface area contributed by atoms with Gasteiger partial charge in [0.25, 0.3) is 5.91 Å². The van der Waals surface area contributed by atoms with E-state index in [-0.39, 0.29) is 5.91 Å². The van der Waals surface area contributed by atoms with E-state index in [1.54, 1.807) is 31.2 Å². The van der Waals surface area contributed by atoms with Crippen LogP contribution in [0.15, 0.2) is 48.5 Å². The topological polar surface area (TPSA) is 80.4 Å². The molecule has 0 unspecified atom stereocenters. The number of carbonyl (C=O) groups is 1. The van der Waals surface area contributed by atoms with Crippen LogP contribution in [0.4, 0.5) is 0 Å². The summed E-state index contributed by atoms with van der Waals surface area (Å²) in [5.41, 5.74) is 2.39. The van der Waals surface area contributed by atoms with Gasteiger partial charge in [-0.25, -0.2) is 0 Å². The third-order valence-electron chi connectivity index (χ3n) is 4.82. The molecule has 0 aromatic heterocycles. The van der Waals surface area contributed by atoms with E-state index < -0.39 is 6.10 Å². The van der Waals surface area contributed by atoms with Gasteiger partial charge >= 0.3 is 0 Å². The van der Waals surface area contributed by atoms with Crippen molar-refractivity contribution in [2.75, 3.05) is 26.2 Å². The van der Waals surface area contributed by atoms with E-state index in [0.29, 0.717) is 30.0 Å². The van der Waals surface area contributed by atoms with Crippen LogP contribution in [0.1, 0.15) is 23.6 Å². The molecule has 1 heterocycles. The number of nitriles is 2. The zero-order chi connectivity index (χ0) is 19.9. The number of piperazine rings is 1. The Morgan fingerprint density at radius 3 is 2.04 bits per heavy atom.